The fourth-order valence-corrected chi connectivity index (χ4v) is 2.11. The maximum absolute atomic E-state index is 11.4. The van der Waals surface area contributed by atoms with Crippen LogP contribution in [0, 0.1) is 0 Å². The average molecular weight is 221 g/mol. The first-order valence-electron chi connectivity index (χ1n) is 5.30. The SMILES string of the molecule is O=C(CS)c1ccc(N2CCCC2)cc1. The Bertz CT molecular complexity index is 341. The number of hydrogen-bond acceptors (Lipinski definition) is 3. The molecule has 0 atom stereocenters. The Labute approximate surface area is 95.7 Å². The maximum Gasteiger partial charge on any atom is 0.172 e. The summed E-state index contributed by atoms with van der Waals surface area (Å²) < 4.78 is 0. The third kappa shape index (κ3) is 2.34. The van der Waals surface area contributed by atoms with Crippen molar-refractivity contribution in [2.24, 2.45) is 0 Å². The van der Waals surface area contributed by atoms with Crippen LogP contribution in [0.2, 0.25) is 0 Å². The van der Waals surface area contributed by atoms with Crippen LogP contribution >= 0.6 is 12.6 Å². The lowest BCUT2D eigenvalue weighted by Crippen LogP contribution is -2.17. The van der Waals surface area contributed by atoms with E-state index >= 15 is 0 Å². The van der Waals surface area contributed by atoms with E-state index in [1.807, 2.05) is 24.3 Å². The number of anilines is 1. The molecule has 0 N–H and O–H groups in total. The highest BCUT2D eigenvalue weighted by atomic mass is 32.1. The van der Waals surface area contributed by atoms with E-state index in [4.69, 9.17) is 0 Å². The smallest absolute Gasteiger partial charge is 0.172 e. The molecule has 1 fully saturated rings. The first kappa shape index (κ1) is 10.6. The highest BCUT2D eigenvalue weighted by Gasteiger charge is 2.12. The molecule has 0 radical (unpaired) electrons. The number of ketones is 1. The van der Waals surface area contributed by atoms with Crippen LogP contribution in [-0.2, 0) is 0 Å². The number of thiol groups is 1. The van der Waals surface area contributed by atoms with Crippen LogP contribution in [0.25, 0.3) is 0 Å². The molecular formula is C12H15NOS. The summed E-state index contributed by atoms with van der Waals surface area (Å²) >= 11 is 3.98. The number of nitrogens with zero attached hydrogens (tertiary/aromatic N) is 1. The van der Waals surface area contributed by atoms with Gasteiger partial charge in [-0.05, 0) is 37.1 Å². The molecule has 2 rings (SSSR count). The molecule has 0 bridgehead atoms. The van der Waals surface area contributed by atoms with Crippen LogP contribution in [0.5, 0.6) is 0 Å². The van der Waals surface area contributed by atoms with Gasteiger partial charge in [0.15, 0.2) is 5.78 Å². The first-order chi connectivity index (χ1) is 7.31. The molecule has 1 aliphatic heterocycles. The van der Waals surface area contributed by atoms with Crippen molar-refractivity contribution in [3.05, 3.63) is 29.8 Å². The molecule has 80 valence electrons. The average Bonchev–Trinajstić information content (AvgIpc) is 2.82. The third-order valence-corrected chi connectivity index (χ3v) is 3.09. The molecule has 0 amide bonds. The third-order valence-electron chi connectivity index (χ3n) is 2.80. The molecule has 0 aliphatic carbocycles. The number of carbonyl (C=O) groups excluding carboxylic acids is 1. The maximum atomic E-state index is 11.4. The van der Waals surface area contributed by atoms with Crippen LogP contribution in [0.3, 0.4) is 0 Å². The Balaban J connectivity index is 2.12. The van der Waals surface area contributed by atoms with E-state index in [-0.39, 0.29) is 11.5 Å². The first-order valence-corrected chi connectivity index (χ1v) is 5.93. The molecule has 1 saturated heterocycles. The van der Waals surface area contributed by atoms with Crippen LogP contribution in [0.4, 0.5) is 5.69 Å². The van der Waals surface area contributed by atoms with Crippen molar-refractivity contribution < 1.29 is 4.79 Å². The molecule has 0 saturated carbocycles. The predicted octanol–water partition coefficient (Wildman–Crippen LogP) is 2.40. The monoisotopic (exact) mass is 221 g/mol. The van der Waals surface area contributed by atoms with Crippen LogP contribution in [-0.4, -0.2) is 24.6 Å². The van der Waals surface area contributed by atoms with Gasteiger partial charge in [0.05, 0.1) is 5.75 Å². The summed E-state index contributed by atoms with van der Waals surface area (Å²) in [7, 11) is 0. The Hall–Kier alpha value is -0.960. The normalized spacial score (nSPS) is 15.7. The lowest BCUT2D eigenvalue weighted by molar-refractivity contribution is 0.102. The van der Waals surface area contributed by atoms with Gasteiger partial charge in [0.25, 0.3) is 0 Å². The van der Waals surface area contributed by atoms with Gasteiger partial charge >= 0.3 is 0 Å². The van der Waals surface area contributed by atoms with Gasteiger partial charge in [-0.2, -0.15) is 12.6 Å². The molecule has 1 aromatic rings. The fourth-order valence-electron chi connectivity index (χ4n) is 1.92. The molecule has 0 aromatic heterocycles. The number of Topliss-reactive ketones (excluding diaryl/α,β-unsaturated/α-hetero) is 1. The van der Waals surface area contributed by atoms with E-state index in [9.17, 15) is 4.79 Å². The summed E-state index contributed by atoms with van der Waals surface area (Å²) in [6.07, 6.45) is 2.55. The summed E-state index contributed by atoms with van der Waals surface area (Å²) in [5, 5.41) is 0. The second-order valence-electron chi connectivity index (χ2n) is 3.82. The Kier molecular flexibility index (Phi) is 3.31. The van der Waals surface area contributed by atoms with Gasteiger partial charge in [0, 0.05) is 24.3 Å². The molecule has 1 aliphatic rings. The summed E-state index contributed by atoms with van der Waals surface area (Å²) in [6.45, 7) is 2.28. The number of rotatable bonds is 3. The molecule has 2 nitrogen and oxygen atoms in total. The fraction of sp³-hybridized carbons (Fsp3) is 0.417. The molecule has 0 spiro atoms. The molecule has 1 aromatic carbocycles. The largest absolute Gasteiger partial charge is 0.372 e. The highest BCUT2D eigenvalue weighted by Crippen LogP contribution is 2.20. The van der Waals surface area contributed by atoms with E-state index in [1.54, 1.807) is 0 Å². The zero-order valence-electron chi connectivity index (χ0n) is 8.65. The molecule has 3 heteroatoms. The molecule has 15 heavy (non-hydrogen) atoms. The predicted molar refractivity (Wildman–Crippen MR) is 66.1 cm³/mol. The summed E-state index contributed by atoms with van der Waals surface area (Å²) in [6, 6.07) is 7.85. The Morgan fingerprint density at radius 2 is 1.80 bits per heavy atom. The van der Waals surface area contributed by atoms with Crippen molar-refractivity contribution in [2.45, 2.75) is 12.8 Å². The van der Waals surface area contributed by atoms with Gasteiger partial charge in [0.1, 0.15) is 0 Å². The van der Waals surface area contributed by atoms with Crippen LogP contribution < -0.4 is 4.90 Å². The van der Waals surface area contributed by atoms with Gasteiger partial charge in [0.2, 0.25) is 0 Å². The van der Waals surface area contributed by atoms with E-state index < -0.39 is 0 Å². The quantitative estimate of drug-likeness (QED) is 0.625. The minimum absolute atomic E-state index is 0.0892. The van der Waals surface area contributed by atoms with Crippen LogP contribution in [0.15, 0.2) is 24.3 Å². The van der Waals surface area contributed by atoms with Gasteiger partial charge in [-0.1, -0.05) is 0 Å². The van der Waals surface area contributed by atoms with Gasteiger partial charge < -0.3 is 4.90 Å². The van der Waals surface area contributed by atoms with Crippen molar-refractivity contribution in [1.29, 1.82) is 0 Å². The van der Waals surface area contributed by atoms with Crippen molar-refractivity contribution in [1.82, 2.24) is 0 Å². The zero-order valence-corrected chi connectivity index (χ0v) is 9.54. The van der Waals surface area contributed by atoms with Gasteiger partial charge in [-0.25, -0.2) is 0 Å². The van der Waals surface area contributed by atoms with Crippen molar-refractivity contribution in [2.75, 3.05) is 23.7 Å². The summed E-state index contributed by atoms with van der Waals surface area (Å²) in [5.74, 6) is 0.370. The summed E-state index contributed by atoms with van der Waals surface area (Å²) in [4.78, 5) is 13.7. The molecular weight excluding hydrogens is 206 g/mol. The summed E-state index contributed by atoms with van der Waals surface area (Å²) in [5.41, 5.74) is 1.98. The topological polar surface area (TPSA) is 20.3 Å². The van der Waals surface area contributed by atoms with E-state index in [0.717, 1.165) is 18.7 Å². The van der Waals surface area contributed by atoms with Crippen molar-refractivity contribution in [3.8, 4) is 0 Å². The lowest BCUT2D eigenvalue weighted by Gasteiger charge is -2.17. The molecule has 0 unspecified atom stereocenters. The second kappa shape index (κ2) is 4.71. The Morgan fingerprint density at radius 1 is 1.20 bits per heavy atom. The van der Waals surface area contributed by atoms with Crippen molar-refractivity contribution in [3.63, 3.8) is 0 Å². The zero-order chi connectivity index (χ0) is 10.7. The minimum Gasteiger partial charge on any atom is -0.372 e. The van der Waals surface area contributed by atoms with Crippen molar-refractivity contribution >= 4 is 24.1 Å². The van der Waals surface area contributed by atoms with E-state index in [1.165, 1.54) is 18.5 Å². The Morgan fingerprint density at radius 3 is 2.33 bits per heavy atom. The van der Waals surface area contributed by atoms with Gasteiger partial charge in [-0.15, -0.1) is 0 Å². The number of benzene rings is 1. The van der Waals surface area contributed by atoms with Gasteiger partial charge in [-0.3, -0.25) is 4.79 Å². The second-order valence-corrected chi connectivity index (χ2v) is 4.14. The number of carbonyl (C=O) groups is 1. The minimum atomic E-state index is 0.0892. The van der Waals surface area contributed by atoms with E-state index in [0.29, 0.717) is 0 Å². The highest BCUT2D eigenvalue weighted by molar-refractivity contribution is 7.81. The standard InChI is InChI=1S/C12H15NOS/c14-12(9-15)10-3-5-11(6-4-10)13-7-1-2-8-13/h3-6,15H,1-2,7-9H2. The molecule has 1 heterocycles. The van der Waals surface area contributed by atoms with Crippen LogP contribution in [0.1, 0.15) is 23.2 Å². The van der Waals surface area contributed by atoms with E-state index in [2.05, 4.69) is 17.5 Å². The lowest BCUT2D eigenvalue weighted by atomic mass is 10.1. The number of hydrogen-bond donors (Lipinski definition) is 1.